The number of esters is 2. The SMILES string of the molecule is CCCCOC(=O)c1ccc2c3ccc4c5c(ccc(c6ccc(C(=O)OCCCC)c1c26)c53)C(=O)N(CCc1ccc(Oc2cc3c5c(ccc6c7c(Oc8ccc(CCN9C(=O)c%10ccc%11c%12ccc(C(=O)CCCC)c%13c(C(=O)CCCC)ccc(c%14ccc(c%10c%11%14)C9=O)c%13%12)cc8)cc8c9c(ccc(c2c56)c97)C(=O)N(C2CCCCC2)C8=O)C(=O)N(C2CCCCC2)C3=O)cc1)C4=O. The van der Waals surface area contributed by atoms with Gasteiger partial charge in [-0.15, -0.1) is 0 Å². The number of Topliss-reactive ketones (excluding diaryl/α,β-unsaturated/α-hetero) is 2. The van der Waals surface area contributed by atoms with E-state index in [1.165, 1.54) is 19.6 Å². The van der Waals surface area contributed by atoms with Gasteiger partial charge in [0.05, 0.1) is 35.5 Å². The third-order valence-corrected chi connectivity index (χ3v) is 30.0. The Labute approximate surface area is 781 Å². The van der Waals surface area contributed by atoms with Gasteiger partial charge in [-0.2, -0.15) is 0 Å². The summed E-state index contributed by atoms with van der Waals surface area (Å²) in [5.74, 6) is -3.35. The van der Waals surface area contributed by atoms with Gasteiger partial charge in [-0.25, -0.2) is 9.59 Å². The molecule has 0 aromatic heterocycles. The number of hydrogen-bond acceptors (Lipinski definition) is 16. The Morgan fingerprint density at radius 2 is 0.566 bits per heavy atom. The highest BCUT2D eigenvalue weighted by molar-refractivity contribution is 6.46. The Bertz CT molecular complexity index is 7710. The average molecular weight is 1800 g/mol. The Morgan fingerprint density at radius 3 is 0.904 bits per heavy atom. The molecule has 0 saturated heterocycles. The van der Waals surface area contributed by atoms with Crippen LogP contribution >= 0.6 is 0 Å². The molecule has 8 amide bonds. The molecule has 0 atom stereocenters. The van der Waals surface area contributed by atoms with Crippen molar-refractivity contribution in [3.8, 4) is 23.0 Å². The fourth-order valence-electron chi connectivity index (χ4n) is 23.3. The molecule has 0 radical (unpaired) electrons. The Balaban J connectivity index is 0.574. The number of nitrogens with zero attached hydrogens (tertiary/aromatic N) is 4. The number of carbonyl (C=O) groups excluding carboxylic acids is 12. The summed E-state index contributed by atoms with van der Waals surface area (Å²) in [5.41, 5.74) is 5.77. The molecule has 20 heteroatoms. The van der Waals surface area contributed by atoms with E-state index in [0.29, 0.717) is 183 Å². The number of benzene rings is 17. The van der Waals surface area contributed by atoms with E-state index in [1.54, 1.807) is 84.9 Å². The van der Waals surface area contributed by atoms with Crippen LogP contribution in [0.1, 0.15) is 292 Å². The van der Waals surface area contributed by atoms with E-state index >= 15 is 38.4 Å². The van der Waals surface area contributed by atoms with Crippen molar-refractivity contribution in [3.05, 3.63) is 260 Å². The zero-order valence-electron chi connectivity index (χ0n) is 76.2. The highest BCUT2D eigenvalue weighted by Crippen LogP contribution is 2.56. The van der Waals surface area contributed by atoms with Crippen molar-refractivity contribution in [1.82, 2.24) is 19.6 Å². The van der Waals surface area contributed by atoms with Crippen molar-refractivity contribution < 1.29 is 76.5 Å². The lowest BCUT2D eigenvalue weighted by Crippen LogP contribution is -2.48. The van der Waals surface area contributed by atoms with Gasteiger partial charge in [0.2, 0.25) is 0 Å². The van der Waals surface area contributed by atoms with Crippen LogP contribution in [0.25, 0.3) is 129 Å². The number of carbonyl (C=O) groups is 12. The lowest BCUT2D eigenvalue weighted by molar-refractivity contribution is 0.0486. The first kappa shape index (κ1) is 85.3. The number of fused-ring (bicyclic) bond motifs is 6. The molecule has 23 rings (SSSR count). The van der Waals surface area contributed by atoms with E-state index in [1.807, 2.05) is 125 Å². The smallest absolute Gasteiger partial charge is 0.338 e. The largest absolute Gasteiger partial charge is 0.462 e. The Kier molecular flexibility index (Phi) is 21.1. The predicted octanol–water partition coefficient (Wildman–Crippen LogP) is 25.6. The minimum atomic E-state index is -0.555. The molecule has 2 fully saturated rings. The summed E-state index contributed by atoms with van der Waals surface area (Å²) >= 11 is 0. The summed E-state index contributed by atoms with van der Waals surface area (Å²) in [5, 5.41) is 15.4. The second-order valence-electron chi connectivity index (χ2n) is 37.8. The molecule has 0 N–H and O–H groups in total. The lowest BCUT2D eigenvalue weighted by atomic mass is 9.80. The molecule has 136 heavy (non-hydrogen) atoms. The predicted molar refractivity (Wildman–Crippen MR) is 527 cm³/mol. The van der Waals surface area contributed by atoms with Crippen molar-refractivity contribution in [1.29, 1.82) is 0 Å². The third-order valence-electron chi connectivity index (χ3n) is 30.0. The zero-order chi connectivity index (χ0) is 93.1. The minimum absolute atomic E-state index is 0.0150. The topological polar surface area (TPSA) is 255 Å². The maximum absolute atomic E-state index is 15.7. The summed E-state index contributed by atoms with van der Waals surface area (Å²) in [6, 6.07) is 54.1. The molecule has 0 spiro atoms. The van der Waals surface area contributed by atoms with E-state index in [0.717, 1.165) is 142 Å². The molecule has 17 aromatic carbocycles. The molecule has 4 aliphatic heterocycles. The number of rotatable bonds is 28. The minimum Gasteiger partial charge on any atom is -0.462 e. The average Bonchev–Trinajstić information content (AvgIpc) is 0.687. The maximum Gasteiger partial charge on any atom is 0.338 e. The number of ether oxygens (including phenoxy) is 4. The van der Waals surface area contributed by atoms with Gasteiger partial charge in [-0.3, -0.25) is 67.5 Å². The van der Waals surface area contributed by atoms with Crippen molar-refractivity contribution in [2.75, 3.05) is 26.3 Å². The van der Waals surface area contributed by atoms with Crippen LogP contribution in [0, 0.1) is 0 Å². The van der Waals surface area contributed by atoms with Gasteiger partial charge in [0.25, 0.3) is 47.3 Å². The van der Waals surface area contributed by atoms with E-state index in [-0.39, 0.29) is 96.5 Å². The number of amides is 8. The van der Waals surface area contributed by atoms with Crippen LogP contribution in [-0.4, -0.2) is 129 Å². The molecule has 0 bridgehead atoms. The summed E-state index contributed by atoms with van der Waals surface area (Å²) in [6.45, 7) is 8.60. The van der Waals surface area contributed by atoms with Crippen LogP contribution in [0.3, 0.4) is 0 Å². The first-order valence-electron chi connectivity index (χ1n) is 48.5. The molecular weight excluding hydrogens is 1710 g/mol. The van der Waals surface area contributed by atoms with Crippen LogP contribution in [0.2, 0.25) is 0 Å². The molecular formula is C116H96N4O16. The molecule has 4 heterocycles. The highest BCUT2D eigenvalue weighted by Gasteiger charge is 2.45. The van der Waals surface area contributed by atoms with Crippen molar-refractivity contribution in [2.45, 2.75) is 181 Å². The third kappa shape index (κ3) is 13.2. The second kappa shape index (κ2) is 33.6. The van der Waals surface area contributed by atoms with Gasteiger partial charge < -0.3 is 18.9 Å². The van der Waals surface area contributed by atoms with Gasteiger partial charge >= 0.3 is 11.9 Å². The van der Waals surface area contributed by atoms with Crippen LogP contribution in [0.4, 0.5) is 0 Å². The van der Waals surface area contributed by atoms with E-state index in [2.05, 4.69) is 0 Å². The fourth-order valence-corrected chi connectivity index (χ4v) is 23.3. The first-order chi connectivity index (χ1) is 66.4. The van der Waals surface area contributed by atoms with Crippen LogP contribution in [-0.2, 0) is 22.3 Å². The molecule has 6 aliphatic rings. The molecule has 676 valence electrons. The monoisotopic (exact) mass is 1800 g/mol. The number of imide groups is 4. The Morgan fingerprint density at radius 1 is 0.279 bits per heavy atom. The molecule has 20 nitrogen and oxygen atoms in total. The van der Waals surface area contributed by atoms with Crippen LogP contribution in [0.5, 0.6) is 23.0 Å². The van der Waals surface area contributed by atoms with Crippen molar-refractivity contribution >= 4 is 200 Å². The summed E-state index contributed by atoms with van der Waals surface area (Å²) < 4.78 is 25.9. The molecule has 0 unspecified atom stereocenters. The zero-order valence-corrected chi connectivity index (χ0v) is 76.2. The molecule has 17 aromatic rings. The highest BCUT2D eigenvalue weighted by atomic mass is 16.5. The van der Waals surface area contributed by atoms with Gasteiger partial charge in [-0.05, 0) is 236 Å². The fraction of sp³-hybridized carbons (Fsp3) is 0.276. The summed E-state index contributed by atoms with van der Waals surface area (Å²) in [7, 11) is 0. The summed E-state index contributed by atoms with van der Waals surface area (Å²) in [6.07, 6.45) is 15.4. The van der Waals surface area contributed by atoms with Crippen molar-refractivity contribution in [2.24, 2.45) is 0 Å². The van der Waals surface area contributed by atoms with Crippen molar-refractivity contribution in [3.63, 3.8) is 0 Å². The molecule has 2 aliphatic carbocycles. The van der Waals surface area contributed by atoms with Gasteiger partial charge in [-0.1, -0.05) is 189 Å². The van der Waals surface area contributed by atoms with Crippen LogP contribution in [0.15, 0.2) is 182 Å². The van der Waals surface area contributed by atoms with Crippen LogP contribution < -0.4 is 9.47 Å². The standard InChI is InChI=1S/C116H96N4O16/c1-5-9-23-89(121)75-41-33-67-69-35-45-79-98-80(46-36-70(94(69)98)68-34-42-76(97(75)93(67)68)90(122)24-10-6-2)108(124)117(107(79)123)55-53-61-25-29-65(30-26-61)135-91-59-87-100-83(111(127)119(113(87)129)63-19-15-13-16-20-63)50-44-78-104-92(60-88-101-84(49-43-77(106(101)104)103(91)105(78)100)112(128)120(114(88)130)64-21-17-14-18-22-64)136-66-31-27-62(28-32-66)54-56-118-109(125)81-47-37-71-73-39-51-85(115(131)133-57-11-7-3)102-86(116(132)134-58-12-8-4)52-40-74(96(73)102)72-38-48-82(110(118)126)99(81)95(71)72/h25-52,59-60,63-64H,5-24,53-58H2,1-4H3. The van der Waals surface area contributed by atoms with Gasteiger partial charge in [0.15, 0.2) is 11.6 Å². The number of hydrogen-bond donors (Lipinski definition) is 0. The number of unbranched alkanes of at least 4 members (excludes halogenated alkanes) is 4. The van der Waals surface area contributed by atoms with E-state index in [9.17, 15) is 19.2 Å². The quantitative estimate of drug-likeness (QED) is 0.0110. The summed E-state index contributed by atoms with van der Waals surface area (Å²) in [4.78, 5) is 184. The van der Waals surface area contributed by atoms with Gasteiger partial charge in [0, 0.05) is 136 Å². The first-order valence-corrected chi connectivity index (χ1v) is 48.5. The number of ketones is 2. The van der Waals surface area contributed by atoms with E-state index < -0.39 is 59.2 Å². The van der Waals surface area contributed by atoms with Gasteiger partial charge in [0.1, 0.15) is 23.0 Å². The van der Waals surface area contributed by atoms with E-state index in [4.69, 9.17) is 18.9 Å². The maximum atomic E-state index is 15.7. The Hall–Kier alpha value is -14.9. The normalized spacial score (nSPS) is 15.5. The molecule has 2 saturated carbocycles. The second-order valence-corrected chi connectivity index (χ2v) is 37.8. The lowest BCUT2D eigenvalue weighted by Gasteiger charge is -2.37.